The van der Waals surface area contributed by atoms with E-state index in [1.54, 1.807) is 20.8 Å². The lowest BCUT2D eigenvalue weighted by Gasteiger charge is -2.36. The van der Waals surface area contributed by atoms with Gasteiger partial charge >= 0.3 is 12.1 Å². The number of carbonyl (C=O) groups is 1. The summed E-state index contributed by atoms with van der Waals surface area (Å²) in [7, 11) is 0. The van der Waals surface area contributed by atoms with Crippen molar-refractivity contribution in [3.63, 3.8) is 0 Å². The molecule has 0 fully saturated rings. The highest BCUT2D eigenvalue weighted by Gasteiger charge is 2.53. The molecule has 6 heteroatoms. The molecule has 0 heterocycles. The van der Waals surface area contributed by atoms with Gasteiger partial charge in [-0.2, -0.15) is 13.2 Å². The highest BCUT2D eigenvalue weighted by Crippen LogP contribution is 2.38. The number of carbonyl (C=O) groups excluding carboxylic acids is 1. The van der Waals surface area contributed by atoms with Gasteiger partial charge in [-0.05, 0) is 41.0 Å². The van der Waals surface area contributed by atoms with Gasteiger partial charge in [0.2, 0.25) is 0 Å². The molecule has 0 aliphatic heterocycles. The third kappa shape index (κ3) is 5.01. The first kappa shape index (κ1) is 18.2. The lowest BCUT2D eigenvalue weighted by atomic mass is 9.88. The Morgan fingerprint density at radius 1 is 1.11 bits per heavy atom. The van der Waals surface area contributed by atoms with Gasteiger partial charge in [0.05, 0.1) is 5.41 Å². The van der Waals surface area contributed by atoms with Crippen LogP contribution < -0.4 is 0 Å². The van der Waals surface area contributed by atoms with Gasteiger partial charge < -0.3 is 9.84 Å². The number of hydrogen-bond donors (Lipinski definition) is 1. The van der Waals surface area contributed by atoms with E-state index in [9.17, 15) is 23.1 Å². The zero-order chi connectivity index (χ0) is 15.7. The van der Waals surface area contributed by atoms with Crippen molar-refractivity contribution in [2.75, 3.05) is 0 Å². The first-order valence-electron chi connectivity index (χ1n) is 6.17. The maximum Gasteiger partial charge on any atom is 0.417 e. The summed E-state index contributed by atoms with van der Waals surface area (Å²) in [5.41, 5.74) is -5.06. The van der Waals surface area contributed by atoms with E-state index in [1.807, 2.05) is 0 Å². The van der Waals surface area contributed by atoms with Crippen LogP contribution in [0.15, 0.2) is 0 Å². The maximum atomic E-state index is 12.6. The zero-order valence-corrected chi connectivity index (χ0v) is 12.3. The first-order valence-corrected chi connectivity index (χ1v) is 6.17. The predicted molar refractivity (Wildman–Crippen MR) is 65.5 cm³/mol. The normalized spacial score (nSPS) is 16.9. The van der Waals surface area contributed by atoms with Gasteiger partial charge in [0.15, 0.2) is 5.60 Å². The Morgan fingerprint density at radius 3 is 1.84 bits per heavy atom. The number of aliphatic hydroxyl groups is 1. The van der Waals surface area contributed by atoms with Crippen molar-refractivity contribution >= 4 is 5.97 Å². The van der Waals surface area contributed by atoms with Crippen LogP contribution in [0.3, 0.4) is 0 Å². The Labute approximate surface area is 112 Å². The Bertz CT molecular complexity index is 331. The molecule has 1 N–H and O–H groups in total. The van der Waals surface area contributed by atoms with Gasteiger partial charge in [0.1, 0.15) is 5.60 Å². The average molecular weight is 284 g/mol. The van der Waals surface area contributed by atoms with Crippen LogP contribution in [-0.2, 0) is 9.53 Å². The topological polar surface area (TPSA) is 46.5 Å². The molecule has 0 aliphatic carbocycles. The predicted octanol–water partition coefficient (Wildman–Crippen LogP) is 3.45. The number of ether oxygens (including phenoxy) is 1. The molecule has 0 rings (SSSR count). The molecular formula is C13H23F3O3. The van der Waals surface area contributed by atoms with E-state index in [1.165, 1.54) is 13.8 Å². The minimum Gasteiger partial charge on any atom is -0.459 e. The zero-order valence-electron chi connectivity index (χ0n) is 12.3. The van der Waals surface area contributed by atoms with Gasteiger partial charge in [-0.25, -0.2) is 0 Å². The highest BCUT2D eigenvalue weighted by atomic mass is 19.4. The van der Waals surface area contributed by atoms with Crippen LogP contribution in [0, 0.1) is 5.41 Å². The minimum absolute atomic E-state index is 0.511. The summed E-state index contributed by atoms with van der Waals surface area (Å²) in [5.74, 6) is -0.571. The third-order valence-electron chi connectivity index (χ3n) is 3.19. The first-order chi connectivity index (χ1) is 8.15. The molecule has 0 radical (unpaired) electrons. The molecule has 0 aliphatic rings. The van der Waals surface area contributed by atoms with Gasteiger partial charge in [-0.15, -0.1) is 0 Å². The SMILES string of the molecule is CCC(C)(C)C(=O)OC(C)(C)CC(C)(O)C(F)(F)F. The molecule has 0 saturated carbocycles. The Kier molecular flexibility index (Phi) is 5.09. The monoisotopic (exact) mass is 284 g/mol. The molecule has 0 bridgehead atoms. The van der Waals surface area contributed by atoms with Crippen molar-refractivity contribution in [2.24, 2.45) is 5.41 Å². The minimum atomic E-state index is -4.77. The molecule has 1 unspecified atom stereocenters. The van der Waals surface area contributed by atoms with Gasteiger partial charge in [0.25, 0.3) is 0 Å². The highest BCUT2D eigenvalue weighted by molar-refractivity contribution is 5.76. The molecule has 3 nitrogen and oxygen atoms in total. The Balaban J connectivity index is 4.89. The maximum absolute atomic E-state index is 12.6. The fraction of sp³-hybridized carbons (Fsp3) is 0.923. The quantitative estimate of drug-likeness (QED) is 0.787. The van der Waals surface area contributed by atoms with E-state index in [-0.39, 0.29) is 0 Å². The summed E-state index contributed by atoms with van der Waals surface area (Å²) in [5, 5.41) is 9.44. The molecule has 0 aromatic rings. The lowest BCUT2D eigenvalue weighted by molar-refractivity contribution is -0.267. The summed E-state index contributed by atoms with van der Waals surface area (Å²) < 4.78 is 43.0. The van der Waals surface area contributed by atoms with Gasteiger partial charge in [0, 0.05) is 6.42 Å². The molecule has 0 spiro atoms. The van der Waals surface area contributed by atoms with Gasteiger partial charge in [-0.1, -0.05) is 6.92 Å². The van der Waals surface area contributed by atoms with Crippen molar-refractivity contribution in [1.82, 2.24) is 0 Å². The van der Waals surface area contributed by atoms with Crippen LogP contribution in [0.5, 0.6) is 0 Å². The second-order valence-corrected chi connectivity index (χ2v) is 6.34. The smallest absolute Gasteiger partial charge is 0.417 e. The molecule has 0 saturated heterocycles. The standard InChI is InChI=1S/C13H23F3O3/c1-7-10(2,3)9(17)19-11(4,5)8-12(6,18)13(14,15)16/h18H,7-8H2,1-6H3. The fourth-order valence-corrected chi connectivity index (χ4v) is 1.50. The van der Waals surface area contributed by atoms with E-state index in [2.05, 4.69) is 0 Å². The third-order valence-corrected chi connectivity index (χ3v) is 3.19. The molecule has 1 atom stereocenters. The van der Waals surface area contributed by atoms with Crippen LogP contribution in [0.1, 0.15) is 54.4 Å². The number of halogens is 3. The summed E-state index contributed by atoms with van der Waals surface area (Å²) in [6, 6.07) is 0. The van der Waals surface area contributed by atoms with Crippen molar-refractivity contribution in [2.45, 2.75) is 71.8 Å². The average Bonchev–Trinajstić information content (AvgIpc) is 2.13. The number of alkyl halides is 3. The molecule has 19 heavy (non-hydrogen) atoms. The largest absolute Gasteiger partial charge is 0.459 e. The van der Waals surface area contributed by atoms with E-state index in [0.717, 1.165) is 0 Å². The summed E-state index contributed by atoms with van der Waals surface area (Å²) in [4.78, 5) is 11.9. The Hall–Kier alpha value is -0.780. The molecule has 114 valence electrons. The van der Waals surface area contributed by atoms with Crippen LogP contribution in [0.4, 0.5) is 13.2 Å². The number of rotatable bonds is 5. The molecule has 0 aromatic carbocycles. The van der Waals surface area contributed by atoms with E-state index in [0.29, 0.717) is 13.3 Å². The second-order valence-electron chi connectivity index (χ2n) is 6.34. The van der Waals surface area contributed by atoms with Crippen LogP contribution >= 0.6 is 0 Å². The van der Waals surface area contributed by atoms with Gasteiger partial charge in [-0.3, -0.25) is 4.79 Å². The summed E-state index contributed by atoms with van der Waals surface area (Å²) in [6.45, 7) is 8.50. The Morgan fingerprint density at radius 2 is 1.53 bits per heavy atom. The van der Waals surface area contributed by atoms with E-state index in [4.69, 9.17) is 4.74 Å². The molecule has 0 aromatic heterocycles. The molecular weight excluding hydrogens is 261 g/mol. The molecule has 0 amide bonds. The number of esters is 1. The van der Waals surface area contributed by atoms with E-state index < -0.39 is 35.2 Å². The van der Waals surface area contributed by atoms with Crippen molar-refractivity contribution in [3.05, 3.63) is 0 Å². The summed E-state index contributed by atoms with van der Waals surface area (Å²) in [6.07, 6.45) is -4.97. The summed E-state index contributed by atoms with van der Waals surface area (Å²) >= 11 is 0. The number of hydrogen-bond acceptors (Lipinski definition) is 3. The van der Waals surface area contributed by atoms with Crippen molar-refractivity contribution in [1.29, 1.82) is 0 Å². The van der Waals surface area contributed by atoms with Crippen molar-refractivity contribution < 1.29 is 27.8 Å². The second kappa shape index (κ2) is 5.31. The van der Waals surface area contributed by atoms with Crippen LogP contribution in [-0.4, -0.2) is 28.5 Å². The van der Waals surface area contributed by atoms with Crippen LogP contribution in [0.2, 0.25) is 0 Å². The lowest BCUT2D eigenvalue weighted by Crippen LogP contribution is -2.49. The van der Waals surface area contributed by atoms with Crippen molar-refractivity contribution in [3.8, 4) is 0 Å². The van der Waals surface area contributed by atoms with Crippen LogP contribution in [0.25, 0.3) is 0 Å². The fourth-order valence-electron chi connectivity index (χ4n) is 1.50. The van der Waals surface area contributed by atoms with E-state index >= 15 is 0 Å².